The molecule has 11 heavy (non-hydrogen) atoms. The van der Waals surface area contributed by atoms with Gasteiger partial charge in [-0.15, -0.1) is 6.42 Å². The molecule has 0 spiro atoms. The first-order chi connectivity index (χ1) is 4.95. The van der Waals surface area contributed by atoms with E-state index in [0.717, 1.165) is 5.57 Å². The molecular formula is C9H16OSi. The van der Waals surface area contributed by atoms with Crippen molar-refractivity contribution in [2.24, 2.45) is 0 Å². The highest BCUT2D eigenvalue weighted by Crippen LogP contribution is 2.02. The molecule has 0 aromatic rings. The van der Waals surface area contributed by atoms with E-state index >= 15 is 0 Å². The van der Waals surface area contributed by atoms with Crippen molar-refractivity contribution < 1.29 is 4.43 Å². The van der Waals surface area contributed by atoms with Gasteiger partial charge in [-0.1, -0.05) is 5.92 Å². The largest absolute Gasteiger partial charge is 0.414 e. The molecule has 1 nitrogen and oxygen atoms in total. The van der Waals surface area contributed by atoms with Gasteiger partial charge in [-0.25, -0.2) is 0 Å². The molecule has 0 amide bonds. The number of terminal acetylenes is 1. The van der Waals surface area contributed by atoms with Crippen LogP contribution in [0.4, 0.5) is 0 Å². The van der Waals surface area contributed by atoms with Crippen molar-refractivity contribution in [2.75, 3.05) is 6.61 Å². The van der Waals surface area contributed by atoms with Gasteiger partial charge in [-0.3, -0.25) is 0 Å². The van der Waals surface area contributed by atoms with Crippen molar-refractivity contribution >= 4 is 8.32 Å². The fourth-order valence-electron chi connectivity index (χ4n) is 0.476. The Morgan fingerprint density at radius 3 is 2.45 bits per heavy atom. The lowest BCUT2D eigenvalue weighted by Gasteiger charge is -2.15. The van der Waals surface area contributed by atoms with Crippen LogP contribution in [0.1, 0.15) is 6.92 Å². The first-order valence-electron chi connectivity index (χ1n) is 3.73. The maximum atomic E-state index is 5.57. The minimum atomic E-state index is -1.35. The van der Waals surface area contributed by atoms with Gasteiger partial charge in [0.2, 0.25) is 0 Å². The molecule has 0 saturated heterocycles. The molecule has 0 aliphatic rings. The van der Waals surface area contributed by atoms with Crippen LogP contribution in [0.15, 0.2) is 11.6 Å². The molecule has 0 bridgehead atoms. The van der Waals surface area contributed by atoms with Gasteiger partial charge in [0.25, 0.3) is 0 Å². The van der Waals surface area contributed by atoms with Crippen molar-refractivity contribution in [1.29, 1.82) is 0 Å². The van der Waals surface area contributed by atoms with Gasteiger partial charge in [0.15, 0.2) is 8.32 Å². The lowest BCUT2D eigenvalue weighted by Crippen LogP contribution is -2.25. The van der Waals surface area contributed by atoms with Gasteiger partial charge in [0, 0.05) is 0 Å². The third kappa shape index (κ3) is 7.37. The van der Waals surface area contributed by atoms with Crippen molar-refractivity contribution in [3.05, 3.63) is 11.6 Å². The standard InChI is InChI=1S/C9H16OSi/c1-6-9(2)7-8-10-11(3,4)5/h1,7H,8H2,2-5H3/b9-7-. The van der Waals surface area contributed by atoms with Crippen LogP contribution in [0.2, 0.25) is 19.6 Å². The molecule has 0 aromatic carbocycles. The normalized spacial score (nSPS) is 12.8. The van der Waals surface area contributed by atoms with Crippen LogP contribution in [0, 0.1) is 12.3 Å². The number of hydrogen-bond acceptors (Lipinski definition) is 1. The second-order valence-corrected chi connectivity index (χ2v) is 7.97. The van der Waals surface area contributed by atoms with E-state index in [4.69, 9.17) is 10.8 Å². The SMILES string of the molecule is C#C/C(C)=C\CO[Si](C)(C)C. The Bertz CT molecular complexity index is 181. The minimum Gasteiger partial charge on any atom is -0.414 e. The molecule has 0 rings (SSSR count). The second-order valence-electron chi connectivity index (χ2n) is 3.45. The summed E-state index contributed by atoms with van der Waals surface area (Å²) in [4.78, 5) is 0. The van der Waals surface area contributed by atoms with Crippen LogP contribution in [-0.2, 0) is 4.43 Å². The minimum absolute atomic E-state index is 0.658. The molecule has 0 N–H and O–H groups in total. The second kappa shape index (κ2) is 4.37. The Labute approximate surface area is 70.6 Å². The molecule has 2 heteroatoms. The molecule has 0 aliphatic heterocycles. The van der Waals surface area contributed by atoms with Gasteiger partial charge < -0.3 is 4.43 Å². The molecule has 0 atom stereocenters. The summed E-state index contributed by atoms with van der Waals surface area (Å²) < 4.78 is 5.57. The molecule has 62 valence electrons. The van der Waals surface area contributed by atoms with Gasteiger partial charge >= 0.3 is 0 Å². The number of rotatable bonds is 3. The third-order valence-corrected chi connectivity index (χ3v) is 2.17. The monoisotopic (exact) mass is 168 g/mol. The first kappa shape index (κ1) is 10.5. The fraction of sp³-hybridized carbons (Fsp3) is 0.556. The summed E-state index contributed by atoms with van der Waals surface area (Å²) in [5.41, 5.74) is 0.947. The van der Waals surface area contributed by atoms with Crippen LogP contribution < -0.4 is 0 Å². The van der Waals surface area contributed by atoms with E-state index in [1.165, 1.54) is 0 Å². The smallest absolute Gasteiger partial charge is 0.184 e. The van der Waals surface area contributed by atoms with E-state index in [1.54, 1.807) is 0 Å². The summed E-state index contributed by atoms with van der Waals surface area (Å²) in [5, 5.41) is 0. The van der Waals surface area contributed by atoms with E-state index in [2.05, 4.69) is 25.6 Å². The van der Waals surface area contributed by atoms with Gasteiger partial charge in [0.1, 0.15) is 0 Å². The number of allylic oxidation sites excluding steroid dienone is 1. The molecule has 0 aliphatic carbocycles. The average Bonchev–Trinajstić information content (AvgIpc) is 1.85. The van der Waals surface area contributed by atoms with E-state index in [9.17, 15) is 0 Å². The van der Waals surface area contributed by atoms with E-state index in [0.29, 0.717) is 6.61 Å². The molecule has 0 saturated carbocycles. The van der Waals surface area contributed by atoms with E-state index in [1.807, 2.05) is 13.0 Å². The Morgan fingerprint density at radius 1 is 1.55 bits per heavy atom. The molecule has 0 unspecified atom stereocenters. The van der Waals surface area contributed by atoms with E-state index in [-0.39, 0.29) is 0 Å². The van der Waals surface area contributed by atoms with Crippen molar-refractivity contribution in [2.45, 2.75) is 26.6 Å². The molecule has 0 fully saturated rings. The zero-order valence-electron chi connectivity index (χ0n) is 7.77. The maximum absolute atomic E-state index is 5.57. The summed E-state index contributed by atoms with van der Waals surface area (Å²) in [5.74, 6) is 2.55. The molecular weight excluding hydrogens is 152 g/mol. The highest BCUT2D eigenvalue weighted by molar-refractivity contribution is 6.69. The Balaban J connectivity index is 3.68. The average molecular weight is 168 g/mol. The van der Waals surface area contributed by atoms with Crippen LogP contribution in [-0.4, -0.2) is 14.9 Å². The quantitative estimate of drug-likeness (QED) is 0.464. The van der Waals surface area contributed by atoms with Crippen LogP contribution in [0.3, 0.4) is 0 Å². The predicted molar refractivity (Wildman–Crippen MR) is 51.9 cm³/mol. The topological polar surface area (TPSA) is 9.23 Å². The zero-order chi connectivity index (χ0) is 8.91. The van der Waals surface area contributed by atoms with Gasteiger partial charge in [-0.05, 0) is 38.2 Å². The Hall–Kier alpha value is -0.523. The molecule has 0 heterocycles. The fourth-order valence-corrected chi connectivity index (χ4v) is 1.06. The summed E-state index contributed by atoms with van der Waals surface area (Å²) in [6.45, 7) is 9.05. The van der Waals surface area contributed by atoms with Crippen LogP contribution in [0.5, 0.6) is 0 Å². The van der Waals surface area contributed by atoms with Crippen molar-refractivity contribution in [3.8, 4) is 12.3 Å². The summed E-state index contributed by atoms with van der Waals surface area (Å²) >= 11 is 0. The van der Waals surface area contributed by atoms with Crippen molar-refractivity contribution in [3.63, 3.8) is 0 Å². The highest BCUT2D eigenvalue weighted by atomic mass is 28.4. The predicted octanol–water partition coefficient (Wildman–Crippen LogP) is 2.42. The van der Waals surface area contributed by atoms with Crippen molar-refractivity contribution in [1.82, 2.24) is 0 Å². The van der Waals surface area contributed by atoms with E-state index < -0.39 is 8.32 Å². The lowest BCUT2D eigenvalue weighted by molar-refractivity contribution is 0.357. The summed E-state index contributed by atoms with van der Waals surface area (Å²) in [6.07, 6.45) is 7.10. The lowest BCUT2D eigenvalue weighted by atomic mass is 10.3. The molecule has 0 radical (unpaired) electrons. The van der Waals surface area contributed by atoms with Gasteiger partial charge in [-0.2, -0.15) is 0 Å². The maximum Gasteiger partial charge on any atom is 0.184 e. The first-order valence-corrected chi connectivity index (χ1v) is 7.14. The summed E-state index contributed by atoms with van der Waals surface area (Å²) in [6, 6.07) is 0. The van der Waals surface area contributed by atoms with Crippen LogP contribution in [0.25, 0.3) is 0 Å². The summed E-state index contributed by atoms with van der Waals surface area (Å²) in [7, 11) is -1.35. The highest BCUT2D eigenvalue weighted by Gasteiger charge is 2.12. The molecule has 0 aromatic heterocycles. The Morgan fingerprint density at radius 2 is 2.09 bits per heavy atom. The zero-order valence-corrected chi connectivity index (χ0v) is 8.77. The van der Waals surface area contributed by atoms with Crippen LogP contribution >= 0.6 is 0 Å². The third-order valence-electron chi connectivity index (χ3n) is 1.13. The Kier molecular flexibility index (Phi) is 4.17. The van der Waals surface area contributed by atoms with Gasteiger partial charge in [0.05, 0.1) is 6.61 Å². The number of hydrogen-bond donors (Lipinski definition) is 0.